The second-order valence-electron chi connectivity index (χ2n) is 12.6. The molecule has 0 saturated carbocycles. The number of anilines is 3. The highest BCUT2D eigenvalue weighted by molar-refractivity contribution is 7.26. The third-order valence-corrected chi connectivity index (χ3v) is 10.8. The lowest BCUT2D eigenvalue weighted by Crippen LogP contribution is -2.16. The molecule has 1 aliphatic rings. The molecule has 0 amide bonds. The van der Waals surface area contributed by atoms with Gasteiger partial charge in [-0.3, -0.25) is 0 Å². The number of hydrogen-bond acceptors (Lipinski definition) is 2. The Bertz CT molecular complexity index is 2410. The third-order valence-electron chi connectivity index (χ3n) is 9.64. The highest BCUT2D eigenvalue weighted by Crippen LogP contribution is 2.51. The number of hydrogen-bond donors (Lipinski definition) is 0. The molecular weight excluding hydrogens is 563 g/mol. The lowest BCUT2D eigenvalue weighted by atomic mass is 9.82. The van der Waals surface area contributed by atoms with Gasteiger partial charge in [0.15, 0.2) is 0 Å². The predicted molar refractivity (Wildman–Crippen MR) is 195 cm³/mol. The molecule has 2 heteroatoms. The van der Waals surface area contributed by atoms with Gasteiger partial charge in [-0.15, -0.1) is 11.3 Å². The van der Waals surface area contributed by atoms with E-state index in [0.29, 0.717) is 0 Å². The summed E-state index contributed by atoms with van der Waals surface area (Å²) in [6.45, 7) is 4.70. The lowest BCUT2D eigenvalue weighted by molar-refractivity contribution is 0.660. The van der Waals surface area contributed by atoms with Gasteiger partial charge in [0, 0.05) is 42.6 Å². The molecule has 214 valence electrons. The first kappa shape index (κ1) is 26.2. The number of benzene rings is 7. The molecule has 0 radical (unpaired) electrons. The van der Waals surface area contributed by atoms with Gasteiger partial charge in [-0.1, -0.05) is 117 Å². The zero-order valence-electron chi connectivity index (χ0n) is 25.3. The van der Waals surface area contributed by atoms with E-state index in [1.807, 2.05) is 11.3 Å². The average molecular weight is 594 g/mol. The van der Waals surface area contributed by atoms with E-state index in [2.05, 4.69) is 170 Å². The zero-order chi connectivity index (χ0) is 30.1. The van der Waals surface area contributed by atoms with Crippen LogP contribution in [0, 0.1) is 0 Å². The molecule has 0 unspecified atom stereocenters. The van der Waals surface area contributed by atoms with Crippen molar-refractivity contribution >= 4 is 59.3 Å². The van der Waals surface area contributed by atoms with Crippen molar-refractivity contribution in [2.24, 2.45) is 0 Å². The summed E-state index contributed by atoms with van der Waals surface area (Å²) in [5.74, 6) is 0. The minimum atomic E-state index is -0.0657. The standard InChI is InChI=1S/C43H31NS/c1-43(2)37-20-8-6-17-34(37)35-24-23-32(27-38(35)43)44(30-14-4-3-5-15-30)31-16-10-13-29(26-31)33-19-11-12-28-22-25-40-42(41(28)33)36-18-7-9-21-39(36)45-40/h3-27H,1-2H3. The van der Waals surface area contributed by atoms with Gasteiger partial charge in [0.2, 0.25) is 0 Å². The Labute approximate surface area is 267 Å². The fourth-order valence-electron chi connectivity index (χ4n) is 7.50. The first-order valence-electron chi connectivity index (χ1n) is 15.6. The highest BCUT2D eigenvalue weighted by atomic mass is 32.1. The van der Waals surface area contributed by atoms with Crippen LogP contribution in [0.25, 0.3) is 53.2 Å². The summed E-state index contributed by atoms with van der Waals surface area (Å²) in [6, 6.07) is 55.8. The number of thiophene rings is 1. The van der Waals surface area contributed by atoms with Gasteiger partial charge in [0.25, 0.3) is 0 Å². The first-order valence-corrected chi connectivity index (χ1v) is 16.4. The molecule has 1 nitrogen and oxygen atoms in total. The van der Waals surface area contributed by atoms with Crippen LogP contribution in [0.3, 0.4) is 0 Å². The summed E-state index contributed by atoms with van der Waals surface area (Å²) in [4.78, 5) is 2.41. The van der Waals surface area contributed by atoms with Gasteiger partial charge >= 0.3 is 0 Å². The molecule has 9 rings (SSSR count). The van der Waals surface area contributed by atoms with E-state index in [9.17, 15) is 0 Å². The summed E-state index contributed by atoms with van der Waals surface area (Å²) < 4.78 is 2.67. The minimum absolute atomic E-state index is 0.0657. The van der Waals surface area contributed by atoms with Crippen LogP contribution in [0.5, 0.6) is 0 Å². The normalized spacial score (nSPS) is 13.3. The third kappa shape index (κ3) is 3.99. The molecule has 1 aliphatic carbocycles. The van der Waals surface area contributed by atoms with E-state index in [1.54, 1.807) is 0 Å². The highest BCUT2D eigenvalue weighted by Gasteiger charge is 2.35. The summed E-state index contributed by atoms with van der Waals surface area (Å²) in [5, 5.41) is 5.29. The first-order chi connectivity index (χ1) is 22.1. The smallest absolute Gasteiger partial charge is 0.0467 e. The maximum atomic E-state index is 2.41. The quantitative estimate of drug-likeness (QED) is 0.196. The van der Waals surface area contributed by atoms with Crippen LogP contribution in [-0.4, -0.2) is 0 Å². The minimum Gasteiger partial charge on any atom is -0.310 e. The Balaban J connectivity index is 1.25. The van der Waals surface area contributed by atoms with Crippen molar-refractivity contribution < 1.29 is 0 Å². The van der Waals surface area contributed by atoms with Crippen molar-refractivity contribution in [3.63, 3.8) is 0 Å². The maximum absolute atomic E-state index is 2.41. The molecule has 8 aromatic rings. The van der Waals surface area contributed by atoms with E-state index in [-0.39, 0.29) is 5.41 Å². The lowest BCUT2D eigenvalue weighted by Gasteiger charge is -2.28. The van der Waals surface area contributed by atoms with E-state index < -0.39 is 0 Å². The van der Waals surface area contributed by atoms with Crippen LogP contribution in [0.1, 0.15) is 25.0 Å². The summed E-state index contributed by atoms with van der Waals surface area (Å²) in [5.41, 5.74) is 11.3. The van der Waals surface area contributed by atoms with Crippen molar-refractivity contribution in [3.05, 3.63) is 163 Å². The molecule has 45 heavy (non-hydrogen) atoms. The van der Waals surface area contributed by atoms with Crippen LogP contribution >= 0.6 is 11.3 Å². The van der Waals surface area contributed by atoms with Crippen LogP contribution in [0.15, 0.2) is 152 Å². The van der Waals surface area contributed by atoms with Crippen molar-refractivity contribution in [2.75, 3.05) is 4.90 Å². The molecule has 0 bridgehead atoms. The van der Waals surface area contributed by atoms with E-state index in [0.717, 1.165) is 11.4 Å². The van der Waals surface area contributed by atoms with Crippen molar-refractivity contribution in [2.45, 2.75) is 19.3 Å². The molecule has 0 atom stereocenters. The topological polar surface area (TPSA) is 3.24 Å². The van der Waals surface area contributed by atoms with Gasteiger partial charge in [-0.05, 0) is 92.7 Å². The van der Waals surface area contributed by atoms with Gasteiger partial charge in [0.1, 0.15) is 0 Å². The largest absolute Gasteiger partial charge is 0.310 e. The Morgan fingerprint density at radius 3 is 2.09 bits per heavy atom. The molecule has 0 aliphatic heterocycles. The molecule has 0 fully saturated rings. The monoisotopic (exact) mass is 593 g/mol. The molecule has 1 aromatic heterocycles. The summed E-state index contributed by atoms with van der Waals surface area (Å²) >= 11 is 1.88. The number of rotatable bonds is 4. The van der Waals surface area contributed by atoms with Gasteiger partial charge < -0.3 is 4.90 Å². The molecule has 1 heterocycles. The van der Waals surface area contributed by atoms with Crippen LogP contribution in [0.2, 0.25) is 0 Å². The summed E-state index contributed by atoms with van der Waals surface area (Å²) in [7, 11) is 0. The molecule has 0 N–H and O–H groups in total. The van der Waals surface area contributed by atoms with Gasteiger partial charge in [0.05, 0.1) is 0 Å². The summed E-state index contributed by atoms with van der Waals surface area (Å²) in [6.07, 6.45) is 0. The van der Waals surface area contributed by atoms with Crippen LogP contribution in [-0.2, 0) is 5.41 Å². The second kappa shape index (κ2) is 9.92. The van der Waals surface area contributed by atoms with E-state index >= 15 is 0 Å². The maximum Gasteiger partial charge on any atom is 0.0467 e. The predicted octanol–water partition coefficient (Wildman–Crippen LogP) is 12.7. The number of fused-ring (bicyclic) bond motifs is 8. The SMILES string of the molecule is CC1(C)c2ccccc2-c2ccc(N(c3ccccc3)c3cccc(-c4cccc5ccc6sc7ccccc7c6c45)c3)cc21. The number of nitrogens with zero attached hydrogens (tertiary/aromatic N) is 1. The molecular formula is C43H31NS. The molecule has 0 spiro atoms. The Morgan fingerprint density at radius 2 is 1.18 bits per heavy atom. The zero-order valence-corrected chi connectivity index (χ0v) is 26.1. The fourth-order valence-corrected chi connectivity index (χ4v) is 8.62. The Kier molecular flexibility index (Phi) is 5.78. The number of para-hydroxylation sites is 1. The molecule has 0 saturated heterocycles. The van der Waals surface area contributed by atoms with Crippen molar-refractivity contribution in [1.29, 1.82) is 0 Å². The second-order valence-corrected chi connectivity index (χ2v) is 13.6. The van der Waals surface area contributed by atoms with Gasteiger partial charge in [-0.25, -0.2) is 0 Å². The van der Waals surface area contributed by atoms with E-state index in [4.69, 9.17) is 0 Å². The van der Waals surface area contributed by atoms with Gasteiger partial charge in [-0.2, -0.15) is 0 Å². The Hall–Kier alpha value is -5.18. The Morgan fingerprint density at radius 1 is 0.467 bits per heavy atom. The van der Waals surface area contributed by atoms with Crippen molar-refractivity contribution in [1.82, 2.24) is 0 Å². The van der Waals surface area contributed by atoms with E-state index in [1.165, 1.54) is 70.0 Å². The fraction of sp³-hybridized carbons (Fsp3) is 0.0698. The average Bonchev–Trinajstić information content (AvgIpc) is 3.58. The van der Waals surface area contributed by atoms with Crippen molar-refractivity contribution in [3.8, 4) is 22.3 Å². The molecule has 7 aromatic carbocycles. The van der Waals surface area contributed by atoms with Crippen LogP contribution in [0.4, 0.5) is 17.1 Å². The van der Waals surface area contributed by atoms with Crippen LogP contribution < -0.4 is 4.90 Å².